The molecule has 3 aromatic rings. The van der Waals surface area contributed by atoms with Crippen molar-refractivity contribution in [1.82, 2.24) is 0 Å². The van der Waals surface area contributed by atoms with Gasteiger partial charge in [-0.15, -0.1) is 11.1 Å². The zero-order valence-electron chi connectivity index (χ0n) is 10.6. The van der Waals surface area contributed by atoms with Crippen LogP contribution in [-0.2, 0) is 0 Å². The number of fused-ring (bicyclic) bond motifs is 2. The Kier molecular flexibility index (Phi) is 3.43. The van der Waals surface area contributed by atoms with Gasteiger partial charge >= 0.3 is 0 Å². The van der Waals surface area contributed by atoms with E-state index in [1.807, 2.05) is 12.1 Å². The fraction of sp³-hybridized carbons (Fsp3) is 0. The molecule has 0 spiro atoms. The molecule has 3 aromatic carbocycles. The molecule has 0 N–H and O–H groups in total. The van der Waals surface area contributed by atoms with Crippen LogP contribution in [0.2, 0.25) is 0 Å². The smallest absolute Gasteiger partial charge is 0.133 e. The van der Waals surface area contributed by atoms with Gasteiger partial charge in [-0.2, -0.15) is 0 Å². The van der Waals surface area contributed by atoms with Crippen LogP contribution in [0.5, 0.6) is 0 Å². The molecule has 2 heteroatoms. The molecule has 0 saturated heterocycles. The maximum Gasteiger partial charge on any atom is 0.147 e. The van der Waals surface area contributed by atoms with Gasteiger partial charge < -0.3 is 0 Å². The predicted octanol–water partition coefficient (Wildman–Crippen LogP) is 2.95. The summed E-state index contributed by atoms with van der Waals surface area (Å²) >= 11 is 0. The standard InChI is InChI=1S/C18H8Si2/c19-7-5-13-9-16(6-8-20)18-12-15-4-2-1-3-14(15)11-17(18)10-13/h1-4,9-12H. The second-order valence-corrected chi connectivity index (χ2v) is 4.94. The van der Waals surface area contributed by atoms with Crippen LogP contribution < -0.4 is 0 Å². The summed E-state index contributed by atoms with van der Waals surface area (Å²) in [6, 6.07) is 16.8. The van der Waals surface area contributed by atoms with Crippen molar-refractivity contribution in [3.05, 3.63) is 59.7 Å². The molecular formula is C18H8Si2. The summed E-state index contributed by atoms with van der Waals surface area (Å²) in [6.45, 7) is 0. The van der Waals surface area contributed by atoms with E-state index in [1.165, 1.54) is 10.8 Å². The van der Waals surface area contributed by atoms with E-state index < -0.39 is 0 Å². The van der Waals surface area contributed by atoms with Gasteiger partial charge in [-0.3, -0.25) is 0 Å². The average molecular weight is 280 g/mol. The van der Waals surface area contributed by atoms with Crippen LogP contribution in [0.15, 0.2) is 48.5 Å². The van der Waals surface area contributed by atoms with Gasteiger partial charge in [0.25, 0.3) is 0 Å². The van der Waals surface area contributed by atoms with Crippen LogP contribution in [-0.4, -0.2) is 20.5 Å². The van der Waals surface area contributed by atoms with E-state index in [0.717, 1.165) is 21.9 Å². The lowest BCUT2D eigenvalue weighted by molar-refractivity contribution is 1.67. The Bertz CT molecular complexity index is 932. The SMILES string of the molecule is [Si]C#Cc1cc(C#C[Si])c2cc3ccccc3cc2c1. The van der Waals surface area contributed by atoms with E-state index in [1.54, 1.807) is 0 Å². The highest BCUT2D eigenvalue weighted by molar-refractivity contribution is 6.23. The molecule has 0 aromatic heterocycles. The molecule has 0 aliphatic heterocycles. The number of benzene rings is 3. The minimum atomic E-state index is 0.951. The number of hydrogen-bond donors (Lipinski definition) is 0. The Morgan fingerprint density at radius 1 is 0.700 bits per heavy atom. The lowest BCUT2D eigenvalue weighted by Crippen LogP contribution is -1.85. The molecular weight excluding hydrogens is 272 g/mol. The quantitative estimate of drug-likeness (QED) is 0.337. The Balaban J connectivity index is 2.44. The Hall–Kier alpha value is -2.27. The lowest BCUT2D eigenvalue weighted by Gasteiger charge is -2.06. The lowest BCUT2D eigenvalue weighted by atomic mass is 9.98. The van der Waals surface area contributed by atoms with Crippen LogP contribution in [0.25, 0.3) is 21.5 Å². The average Bonchev–Trinajstić information content (AvgIpc) is 2.46. The molecule has 0 aliphatic carbocycles. The van der Waals surface area contributed by atoms with Crippen LogP contribution in [0, 0.1) is 22.9 Å². The fourth-order valence-electron chi connectivity index (χ4n) is 2.37. The van der Waals surface area contributed by atoms with E-state index in [0.29, 0.717) is 0 Å². The van der Waals surface area contributed by atoms with Gasteiger partial charge in [0.1, 0.15) is 20.5 Å². The van der Waals surface area contributed by atoms with Crippen molar-refractivity contribution in [3.8, 4) is 22.9 Å². The summed E-state index contributed by atoms with van der Waals surface area (Å²) in [6.07, 6.45) is 0. The molecule has 0 aliphatic rings. The summed E-state index contributed by atoms with van der Waals surface area (Å²) in [5.41, 5.74) is 7.47. The van der Waals surface area contributed by atoms with Gasteiger partial charge in [0.15, 0.2) is 0 Å². The minimum Gasteiger partial charge on any atom is -0.133 e. The molecule has 0 bridgehead atoms. The highest BCUT2D eigenvalue weighted by Gasteiger charge is 2.03. The predicted molar refractivity (Wildman–Crippen MR) is 86.7 cm³/mol. The summed E-state index contributed by atoms with van der Waals surface area (Å²) in [7, 11) is 6.42. The normalized spacial score (nSPS) is 9.70. The van der Waals surface area contributed by atoms with Gasteiger partial charge in [-0.25, -0.2) is 0 Å². The van der Waals surface area contributed by atoms with Crippen LogP contribution in [0.1, 0.15) is 11.1 Å². The molecule has 0 saturated carbocycles. The molecule has 3 rings (SSSR count). The summed E-state index contributed by atoms with van der Waals surface area (Å²) < 4.78 is 0. The van der Waals surface area contributed by atoms with E-state index in [4.69, 9.17) is 0 Å². The third-order valence-corrected chi connectivity index (χ3v) is 3.47. The first-order valence-electron chi connectivity index (χ1n) is 6.14. The second-order valence-electron chi connectivity index (χ2n) is 4.44. The third kappa shape index (κ3) is 2.28. The van der Waals surface area contributed by atoms with E-state index in [2.05, 4.69) is 79.8 Å². The van der Waals surface area contributed by atoms with Crippen LogP contribution in [0.3, 0.4) is 0 Å². The monoisotopic (exact) mass is 280 g/mol. The zero-order valence-corrected chi connectivity index (χ0v) is 12.6. The van der Waals surface area contributed by atoms with E-state index in [9.17, 15) is 0 Å². The van der Waals surface area contributed by atoms with Crippen molar-refractivity contribution in [2.75, 3.05) is 0 Å². The van der Waals surface area contributed by atoms with Gasteiger partial charge in [0, 0.05) is 11.1 Å². The summed E-state index contributed by atoms with van der Waals surface area (Å²) in [5, 5.41) is 4.74. The maximum absolute atomic E-state index is 3.23. The first-order valence-corrected chi connectivity index (χ1v) is 7.14. The summed E-state index contributed by atoms with van der Waals surface area (Å²) in [4.78, 5) is 0. The highest BCUT2D eigenvalue weighted by atomic mass is 28.1. The number of hydrogen-bond acceptors (Lipinski definition) is 0. The maximum atomic E-state index is 3.23. The summed E-state index contributed by atoms with van der Waals surface area (Å²) in [5.74, 6) is 6.12. The largest absolute Gasteiger partial charge is 0.147 e. The third-order valence-electron chi connectivity index (χ3n) is 3.22. The van der Waals surface area contributed by atoms with Gasteiger partial charge in [0.05, 0.1) is 0 Å². The molecule has 20 heavy (non-hydrogen) atoms. The topological polar surface area (TPSA) is 0 Å². The minimum absolute atomic E-state index is 0.951. The van der Waals surface area contributed by atoms with Crippen molar-refractivity contribution >= 4 is 42.0 Å². The van der Waals surface area contributed by atoms with E-state index >= 15 is 0 Å². The Labute approximate surface area is 125 Å². The van der Waals surface area contributed by atoms with Crippen molar-refractivity contribution < 1.29 is 0 Å². The van der Waals surface area contributed by atoms with Crippen molar-refractivity contribution in [2.45, 2.75) is 0 Å². The molecule has 6 radical (unpaired) electrons. The van der Waals surface area contributed by atoms with Gasteiger partial charge in [-0.1, -0.05) is 36.1 Å². The highest BCUT2D eigenvalue weighted by Crippen LogP contribution is 2.26. The van der Waals surface area contributed by atoms with Gasteiger partial charge in [-0.05, 0) is 45.8 Å². The Morgan fingerprint density at radius 2 is 1.40 bits per heavy atom. The zero-order chi connectivity index (χ0) is 13.9. The molecule has 0 atom stereocenters. The van der Waals surface area contributed by atoms with Gasteiger partial charge in [0.2, 0.25) is 0 Å². The fourth-order valence-corrected chi connectivity index (χ4v) is 2.65. The molecule has 0 amide bonds. The van der Waals surface area contributed by atoms with Crippen LogP contribution in [0.4, 0.5) is 0 Å². The first kappa shape index (κ1) is 12.8. The molecule has 0 unspecified atom stereocenters. The van der Waals surface area contributed by atoms with Crippen molar-refractivity contribution in [3.63, 3.8) is 0 Å². The number of rotatable bonds is 0. The first-order chi connectivity index (χ1) is 9.81. The molecule has 0 fully saturated rings. The van der Waals surface area contributed by atoms with Crippen LogP contribution >= 0.6 is 0 Å². The van der Waals surface area contributed by atoms with Crippen molar-refractivity contribution in [1.29, 1.82) is 0 Å². The molecule has 0 nitrogen and oxygen atoms in total. The second kappa shape index (κ2) is 5.39. The molecule has 0 heterocycles. The Morgan fingerprint density at radius 3 is 2.10 bits per heavy atom. The van der Waals surface area contributed by atoms with E-state index in [-0.39, 0.29) is 0 Å². The van der Waals surface area contributed by atoms with Crippen molar-refractivity contribution in [2.24, 2.45) is 0 Å². The molecule has 88 valence electrons.